The van der Waals surface area contributed by atoms with Crippen molar-refractivity contribution in [3.8, 4) is 67.8 Å². The van der Waals surface area contributed by atoms with E-state index in [-0.39, 0.29) is 0 Å². The number of fused-ring (bicyclic) bond motifs is 8. The molecule has 0 aliphatic rings. The second-order valence-corrected chi connectivity index (χ2v) is 18.0. The molecule has 70 heavy (non-hydrogen) atoms. The topological polar surface area (TPSA) is 48.5 Å². The average Bonchev–Trinajstić information content (AvgIpc) is 3.94. The van der Waals surface area contributed by atoms with Crippen molar-refractivity contribution in [1.82, 2.24) is 24.1 Å². The minimum atomic E-state index is 0.605. The summed E-state index contributed by atoms with van der Waals surface area (Å²) in [5.74, 6) is 1.84. The summed E-state index contributed by atoms with van der Waals surface area (Å²) in [6.45, 7) is 0. The maximum Gasteiger partial charge on any atom is 0.164 e. The SMILES string of the molecule is c1ccc(-c2ccc(-c3nc(-c4ccc(-n5c6cc7ccccc7cc6c6cccc(-n7c8ccccc8c8cc9ccccc9cc87)c65)cc4)nc(-c4ccccc4-c4ccccc4)n3)cc2)cc1. The van der Waals surface area contributed by atoms with Crippen LogP contribution < -0.4 is 0 Å². The Kier molecular flexibility index (Phi) is 9.14. The van der Waals surface area contributed by atoms with E-state index in [1.54, 1.807) is 0 Å². The van der Waals surface area contributed by atoms with E-state index in [1.165, 1.54) is 54.1 Å². The van der Waals surface area contributed by atoms with Crippen molar-refractivity contribution in [2.45, 2.75) is 0 Å². The van der Waals surface area contributed by atoms with Crippen LogP contribution >= 0.6 is 0 Å². The Balaban J connectivity index is 0.972. The van der Waals surface area contributed by atoms with Gasteiger partial charge in [0.15, 0.2) is 17.5 Å². The molecule has 0 bridgehead atoms. The van der Waals surface area contributed by atoms with E-state index in [4.69, 9.17) is 15.0 Å². The summed E-state index contributed by atoms with van der Waals surface area (Å²) >= 11 is 0. The molecule has 14 aromatic rings. The Morgan fingerprint density at radius 2 is 0.714 bits per heavy atom. The zero-order chi connectivity index (χ0) is 46.1. The lowest BCUT2D eigenvalue weighted by Crippen LogP contribution is -2.02. The molecule has 0 N–H and O–H groups in total. The molecule has 3 heterocycles. The number of rotatable bonds is 7. The molecule has 0 aliphatic heterocycles. The fourth-order valence-corrected chi connectivity index (χ4v) is 10.6. The van der Waals surface area contributed by atoms with Gasteiger partial charge in [0.1, 0.15) is 0 Å². The summed E-state index contributed by atoms with van der Waals surface area (Å²) in [5.41, 5.74) is 14.0. The highest BCUT2D eigenvalue weighted by Crippen LogP contribution is 2.42. The molecule has 0 saturated heterocycles. The lowest BCUT2D eigenvalue weighted by Gasteiger charge is -2.15. The molecule has 3 aromatic heterocycles. The summed E-state index contributed by atoms with van der Waals surface area (Å²) in [6.07, 6.45) is 0. The molecular weight excluding hydrogens is 851 g/mol. The third kappa shape index (κ3) is 6.51. The molecule has 0 spiro atoms. The number of nitrogens with zero attached hydrogens (tertiary/aromatic N) is 5. The molecule has 0 amide bonds. The van der Waals surface area contributed by atoms with Crippen LogP contribution in [0.4, 0.5) is 0 Å². The van der Waals surface area contributed by atoms with Crippen LogP contribution in [0.1, 0.15) is 0 Å². The normalized spacial score (nSPS) is 11.7. The second kappa shape index (κ2) is 16.1. The monoisotopic (exact) mass is 891 g/mol. The first-order chi connectivity index (χ1) is 34.7. The van der Waals surface area contributed by atoms with E-state index < -0.39 is 0 Å². The van der Waals surface area contributed by atoms with Gasteiger partial charge >= 0.3 is 0 Å². The lowest BCUT2D eigenvalue weighted by molar-refractivity contribution is 1.07. The van der Waals surface area contributed by atoms with Crippen molar-refractivity contribution in [2.75, 3.05) is 0 Å². The third-order valence-electron chi connectivity index (χ3n) is 13.9. The zero-order valence-corrected chi connectivity index (χ0v) is 37.9. The maximum atomic E-state index is 5.27. The molecule has 0 unspecified atom stereocenters. The molecule has 14 rings (SSSR count). The van der Waals surface area contributed by atoms with Gasteiger partial charge < -0.3 is 9.13 Å². The summed E-state index contributed by atoms with van der Waals surface area (Å²) in [5, 5.41) is 9.71. The highest BCUT2D eigenvalue weighted by molar-refractivity contribution is 6.18. The summed E-state index contributed by atoms with van der Waals surface area (Å²) in [6, 6.07) is 88.8. The van der Waals surface area contributed by atoms with Gasteiger partial charge in [-0.2, -0.15) is 0 Å². The number of para-hydroxylation sites is 2. The fraction of sp³-hybridized carbons (Fsp3) is 0. The number of hydrogen-bond acceptors (Lipinski definition) is 3. The highest BCUT2D eigenvalue weighted by Gasteiger charge is 2.22. The van der Waals surface area contributed by atoms with E-state index in [1.807, 2.05) is 12.1 Å². The molecule has 11 aromatic carbocycles. The molecule has 0 saturated carbocycles. The summed E-state index contributed by atoms with van der Waals surface area (Å²) in [7, 11) is 0. The van der Waals surface area contributed by atoms with Crippen molar-refractivity contribution in [3.63, 3.8) is 0 Å². The smallest absolute Gasteiger partial charge is 0.164 e. The van der Waals surface area contributed by atoms with Crippen LogP contribution in [0.2, 0.25) is 0 Å². The van der Waals surface area contributed by atoms with Crippen molar-refractivity contribution in [3.05, 3.63) is 249 Å². The number of benzene rings is 11. The molecule has 326 valence electrons. The number of hydrogen-bond donors (Lipinski definition) is 0. The van der Waals surface area contributed by atoms with Crippen LogP contribution in [0.3, 0.4) is 0 Å². The van der Waals surface area contributed by atoms with E-state index in [0.29, 0.717) is 17.5 Å². The minimum Gasteiger partial charge on any atom is -0.307 e. The van der Waals surface area contributed by atoms with E-state index in [2.05, 4.69) is 246 Å². The Hall–Kier alpha value is -9.45. The van der Waals surface area contributed by atoms with Crippen LogP contribution in [0, 0.1) is 0 Å². The quantitative estimate of drug-likeness (QED) is 0.160. The van der Waals surface area contributed by atoms with Crippen LogP contribution in [0.15, 0.2) is 249 Å². The molecule has 0 aliphatic carbocycles. The van der Waals surface area contributed by atoms with Gasteiger partial charge in [-0.05, 0) is 104 Å². The largest absolute Gasteiger partial charge is 0.307 e. The van der Waals surface area contributed by atoms with Gasteiger partial charge in [0, 0.05) is 43.9 Å². The Morgan fingerprint density at radius 3 is 1.37 bits per heavy atom. The molecule has 5 nitrogen and oxygen atoms in total. The number of aromatic nitrogens is 5. The van der Waals surface area contributed by atoms with Gasteiger partial charge in [-0.3, -0.25) is 0 Å². The zero-order valence-electron chi connectivity index (χ0n) is 37.9. The van der Waals surface area contributed by atoms with Gasteiger partial charge in [-0.25, -0.2) is 15.0 Å². The first-order valence-electron chi connectivity index (χ1n) is 23.8. The van der Waals surface area contributed by atoms with Crippen molar-refractivity contribution >= 4 is 65.2 Å². The van der Waals surface area contributed by atoms with E-state index >= 15 is 0 Å². The maximum absolute atomic E-state index is 5.27. The Labute approximate surface area is 403 Å². The predicted octanol–water partition coefficient (Wildman–Crippen LogP) is 16.7. The van der Waals surface area contributed by atoms with Gasteiger partial charge in [0.2, 0.25) is 0 Å². The molecule has 5 heteroatoms. The predicted molar refractivity (Wildman–Crippen MR) is 291 cm³/mol. The van der Waals surface area contributed by atoms with E-state index in [0.717, 1.165) is 61.4 Å². The van der Waals surface area contributed by atoms with Gasteiger partial charge in [0.05, 0.1) is 27.8 Å². The average molecular weight is 892 g/mol. The van der Waals surface area contributed by atoms with Gasteiger partial charge in [0.25, 0.3) is 0 Å². The minimum absolute atomic E-state index is 0.605. The Morgan fingerprint density at radius 1 is 0.257 bits per heavy atom. The molecule has 0 atom stereocenters. The second-order valence-electron chi connectivity index (χ2n) is 18.0. The third-order valence-corrected chi connectivity index (χ3v) is 13.9. The van der Waals surface area contributed by atoms with Crippen LogP contribution in [0.25, 0.3) is 133 Å². The lowest BCUT2D eigenvalue weighted by atomic mass is 9.99. The van der Waals surface area contributed by atoms with Gasteiger partial charge in [-0.1, -0.05) is 188 Å². The molecule has 0 radical (unpaired) electrons. The van der Waals surface area contributed by atoms with Crippen LogP contribution in [-0.2, 0) is 0 Å². The molecule has 0 fully saturated rings. The van der Waals surface area contributed by atoms with Crippen molar-refractivity contribution < 1.29 is 0 Å². The van der Waals surface area contributed by atoms with E-state index in [9.17, 15) is 0 Å². The first-order valence-corrected chi connectivity index (χ1v) is 23.8. The standard InChI is InChI=1S/C65H41N5/c1-3-16-42(17-4-1)43-30-32-45(33-31-43)63-66-64(68-65(67-63)55-26-12-11-24-52(55)44-18-5-2-6-19-44)46-34-36-51(37-35-46)69-60-40-49-22-9-8-21-48(49)39-57(60)54-27-15-29-59(62(54)69)70-58-28-14-13-25-53(58)56-38-47-20-7-10-23-50(47)41-61(56)70/h1-41H. The van der Waals surface area contributed by atoms with Crippen molar-refractivity contribution in [1.29, 1.82) is 0 Å². The fourth-order valence-electron chi connectivity index (χ4n) is 10.6. The Bertz CT molecular complexity index is 4320. The molecular formula is C65H41N5. The summed E-state index contributed by atoms with van der Waals surface area (Å²) < 4.78 is 4.92. The summed E-state index contributed by atoms with van der Waals surface area (Å²) in [4.78, 5) is 15.7. The highest BCUT2D eigenvalue weighted by atomic mass is 15.1. The van der Waals surface area contributed by atoms with Crippen LogP contribution in [0.5, 0.6) is 0 Å². The van der Waals surface area contributed by atoms with Crippen LogP contribution in [-0.4, -0.2) is 24.1 Å². The van der Waals surface area contributed by atoms with Crippen molar-refractivity contribution in [2.24, 2.45) is 0 Å². The van der Waals surface area contributed by atoms with Gasteiger partial charge in [-0.15, -0.1) is 0 Å². The first kappa shape index (κ1) is 39.7.